The van der Waals surface area contributed by atoms with Gasteiger partial charge < -0.3 is 14.5 Å². The molecule has 0 unspecified atom stereocenters. The molecule has 0 aliphatic carbocycles. The molecule has 0 saturated heterocycles. The van der Waals surface area contributed by atoms with Gasteiger partial charge >= 0.3 is 12.6 Å². The van der Waals surface area contributed by atoms with E-state index in [9.17, 15) is 13.6 Å². The maximum absolute atomic E-state index is 12.1. The number of hydrogen-bond acceptors (Lipinski definition) is 4. The highest BCUT2D eigenvalue weighted by Gasteiger charge is 2.13. The number of H-pyrrole nitrogens is 1. The van der Waals surface area contributed by atoms with Gasteiger partial charge in [-0.15, -0.1) is 0 Å². The highest BCUT2D eigenvalue weighted by molar-refractivity contribution is 5.88. The number of carbonyl (C=O) groups excluding carboxylic acids is 1. The number of carbonyl (C=O) groups is 1. The molecule has 0 saturated carbocycles. The van der Waals surface area contributed by atoms with Crippen molar-refractivity contribution in [2.45, 2.75) is 20.1 Å². The van der Waals surface area contributed by atoms with Crippen molar-refractivity contribution in [1.82, 2.24) is 9.97 Å². The Morgan fingerprint density at radius 3 is 2.90 bits per heavy atom. The summed E-state index contributed by atoms with van der Waals surface area (Å²) >= 11 is 0. The fourth-order valence-electron chi connectivity index (χ4n) is 1.59. The Morgan fingerprint density at radius 1 is 1.45 bits per heavy atom. The van der Waals surface area contributed by atoms with Crippen molar-refractivity contribution in [3.05, 3.63) is 47.5 Å². The third-order valence-electron chi connectivity index (χ3n) is 2.52. The number of alkyl halides is 2. The number of benzene rings is 1. The van der Waals surface area contributed by atoms with Gasteiger partial charge in [-0.3, -0.25) is 0 Å². The average molecular weight is 282 g/mol. The van der Waals surface area contributed by atoms with Gasteiger partial charge in [0.15, 0.2) is 5.69 Å². The van der Waals surface area contributed by atoms with Crippen LogP contribution in [0.5, 0.6) is 5.75 Å². The van der Waals surface area contributed by atoms with Gasteiger partial charge in [0, 0.05) is 5.69 Å². The monoisotopic (exact) mass is 282 g/mol. The molecule has 2 aromatic rings. The number of aromatic nitrogens is 2. The molecule has 7 heteroatoms. The van der Waals surface area contributed by atoms with Crippen LogP contribution in [-0.4, -0.2) is 22.5 Å². The van der Waals surface area contributed by atoms with Gasteiger partial charge in [-0.2, -0.15) is 8.78 Å². The van der Waals surface area contributed by atoms with E-state index in [1.54, 1.807) is 19.1 Å². The predicted octanol–water partition coefficient (Wildman–Crippen LogP) is 2.68. The van der Waals surface area contributed by atoms with Gasteiger partial charge in [0.25, 0.3) is 0 Å². The number of nitrogens with one attached hydrogen (secondary N) is 1. The number of aryl methyl sites for hydroxylation is 1. The standard InChI is InChI=1S/C13H12F2N2O3/c1-8-11(17-7-16-8)12(18)19-6-9-3-2-4-10(5-9)20-13(14)15/h2-5,7,13H,6H2,1H3,(H,16,17). The summed E-state index contributed by atoms with van der Waals surface area (Å²) in [5.74, 6) is -0.562. The molecule has 0 aliphatic heterocycles. The Labute approximate surface area is 113 Å². The van der Waals surface area contributed by atoms with Gasteiger partial charge in [-0.25, -0.2) is 9.78 Å². The normalized spacial score (nSPS) is 10.6. The lowest BCUT2D eigenvalue weighted by atomic mass is 10.2. The van der Waals surface area contributed by atoms with Crippen LogP contribution in [0.3, 0.4) is 0 Å². The quantitative estimate of drug-likeness (QED) is 0.856. The molecule has 0 spiro atoms. The molecule has 1 N–H and O–H groups in total. The van der Waals surface area contributed by atoms with Crippen LogP contribution >= 0.6 is 0 Å². The van der Waals surface area contributed by atoms with Crippen LogP contribution < -0.4 is 4.74 Å². The van der Waals surface area contributed by atoms with Crippen molar-refractivity contribution in [2.24, 2.45) is 0 Å². The first kappa shape index (κ1) is 14.0. The highest BCUT2D eigenvalue weighted by Crippen LogP contribution is 2.17. The number of esters is 1. The molecule has 0 aliphatic rings. The molecule has 1 aromatic carbocycles. The average Bonchev–Trinajstić information content (AvgIpc) is 2.82. The molecular weight excluding hydrogens is 270 g/mol. The maximum Gasteiger partial charge on any atom is 0.387 e. The molecule has 5 nitrogen and oxygen atoms in total. The van der Waals surface area contributed by atoms with Gasteiger partial charge in [0.05, 0.1) is 6.33 Å². The number of imidazole rings is 1. The molecule has 0 fully saturated rings. The first-order valence-electron chi connectivity index (χ1n) is 5.77. The molecule has 1 aromatic heterocycles. The molecule has 0 atom stereocenters. The van der Waals surface area contributed by atoms with Crippen molar-refractivity contribution < 1.29 is 23.0 Å². The maximum atomic E-state index is 12.1. The van der Waals surface area contributed by atoms with E-state index in [-0.39, 0.29) is 18.1 Å². The zero-order valence-corrected chi connectivity index (χ0v) is 10.6. The van der Waals surface area contributed by atoms with E-state index in [1.165, 1.54) is 18.5 Å². The number of hydrogen-bond donors (Lipinski definition) is 1. The number of nitrogens with zero attached hydrogens (tertiary/aromatic N) is 1. The number of halogens is 2. The van der Waals surface area contributed by atoms with Crippen LogP contribution in [0, 0.1) is 6.92 Å². The largest absolute Gasteiger partial charge is 0.456 e. The molecule has 0 amide bonds. The Kier molecular flexibility index (Phi) is 4.29. The second kappa shape index (κ2) is 6.14. The zero-order valence-electron chi connectivity index (χ0n) is 10.6. The highest BCUT2D eigenvalue weighted by atomic mass is 19.3. The van der Waals surface area contributed by atoms with Gasteiger partial charge in [0.1, 0.15) is 12.4 Å². The molecule has 106 valence electrons. The molecule has 0 bridgehead atoms. The summed E-state index contributed by atoms with van der Waals surface area (Å²) < 4.78 is 33.5. The van der Waals surface area contributed by atoms with Crippen molar-refractivity contribution in [1.29, 1.82) is 0 Å². The summed E-state index contributed by atoms with van der Waals surface area (Å²) in [4.78, 5) is 18.3. The Morgan fingerprint density at radius 2 is 2.25 bits per heavy atom. The van der Waals surface area contributed by atoms with E-state index < -0.39 is 12.6 Å². The lowest BCUT2D eigenvalue weighted by Gasteiger charge is -2.07. The third kappa shape index (κ3) is 3.53. The van der Waals surface area contributed by atoms with Crippen molar-refractivity contribution >= 4 is 5.97 Å². The van der Waals surface area contributed by atoms with E-state index in [4.69, 9.17) is 4.74 Å². The van der Waals surface area contributed by atoms with Crippen LogP contribution in [0.1, 0.15) is 21.7 Å². The summed E-state index contributed by atoms with van der Waals surface area (Å²) in [5.41, 5.74) is 1.35. The van der Waals surface area contributed by atoms with Crippen LogP contribution in [0.2, 0.25) is 0 Å². The number of rotatable bonds is 5. The topological polar surface area (TPSA) is 64.2 Å². The smallest absolute Gasteiger partial charge is 0.387 e. The lowest BCUT2D eigenvalue weighted by Crippen LogP contribution is -2.07. The minimum atomic E-state index is -2.89. The summed E-state index contributed by atoms with van der Waals surface area (Å²) in [6.07, 6.45) is 1.39. The summed E-state index contributed by atoms with van der Waals surface area (Å²) in [6, 6.07) is 5.97. The van der Waals surface area contributed by atoms with Gasteiger partial charge in [-0.05, 0) is 24.6 Å². The molecule has 1 heterocycles. The lowest BCUT2D eigenvalue weighted by molar-refractivity contribution is -0.0499. The Balaban J connectivity index is 1.97. The second-order valence-corrected chi connectivity index (χ2v) is 3.98. The molecule has 0 radical (unpaired) electrons. The number of ether oxygens (including phenoxy) is 2. The molecular formula is C13H12F2N2O3. The fraction of sp³-hybridized carbons (Fsp3) is 0.231. The van der Waals surface area contributed by atoms with Crippen molar-refractivity contribution in [3.63, 3.8) is 0 Å². The van der Waals surface area contributed by atoms with E-state index in [2.05, 4.69) is 14.7 Å². The summed E-state index contributed by atoms with van der Waals surface area (Å²) in [5, 5.41) is 0. The van der Waals surface area contributed by atoms with E-state index in [0.717, 1.165) is 0 Å². The van der Waals surface area contributed by atoms with E-state index in [0.29, 0.717) is 11.3 Å². The number of aromatic amines is 1. The van der Waals surface area contributed by atoms with E-state index >= 15 is 0 Å². The second-order valence-electron chi connectivity index (χ2n) is 3.98. The van der Waals surface area contributed by atoms with Crippen molar-refractivity contribution in [3.8, 4) is 5.75 Å². The molecule has 20 heavy (non-hydrogen) atoms. The Bertz CT molecular complexity index is 599. The summed E-state index contributed by atoms with van der Waals surface area (Å²) in [7, 11) is 0. The minimum Gasteiger partial charge on any atom is -0.456 e. The fourth-order valence-corrected chi connectivity index (χ4v) is 1.59. The van der Waals surface area contributed by atoms with Gasteiger partial charge in [0.2, 0.25) is 0 Å². The van der Waals surface area contributed by atoms with Crippen LogP contribution in [0.25, 0.3) is 0 Å². The minimum absolute atomic E-state index is 0.0181. The van der Waals surface area contributed by atoms with Crippen molar-refractivity contribution in [2.75, 3.05) is 0 Å². The first-order chi connectivity index (χ1) is 9.56. The molecule has 2 rings (SSSR count). The van der Waals surface area contributed by atoms with Gasteiger partial charge in [-0.1, -0.05) is 12.1 Å². The van der Waals surface area contributed by atoms with Crippen LogP contribution in [-0.2, 0) is 11.3 Å². The SMILES string of the molecule is Cc1[nH]cnc1C(=O)OCc1cccc(OC(F)F)c1. The summed E-state index contributed by atoms with van der Waals surface area (Å²) in [6.45, 7) is -1.24. The third-order valence-corrected chi connectivity index (χ3v) is 2.52. The van der Waals surface area contributed by atoms with Crippen LogP contribution in [0.15, 0.2) is 30.6 Å². The predicted molar refractivity (Wildman–Crippen MR) is 65.5 cm³/mol. The first-order valence-corrected chi connectivity index (χ1v) is 5.77. The Hall–Kier alpha value is -2.44. The van der Waals surface area contributed by atoms with Crippen LogP contribution in [0.4, 0.5) is 8.78 Å². The van der Waals surface area contributed by atoms with E-state index in [1.807, 2.05) is 0 Å². The zero-order chi connectivity index (χ0) is 14.5.